The van der Waals surface area contributed by atoms with Crippen LogP contribution in [-0.4, -0.2) is 20.8 Å². The molecular formula is C16H34ClP. The van der Waals surface area contributed by atoms with E-state index in [-0.39, 0.29) is 23.9 Å². The summed E-state index contributed by atoms with van der Waals surface area (Å²) in [5, 5.41) is 0.978. The maximum absolute atomic E-state index is 6.87. The predicted molar refractivity (Wildman–Crippen MR) is 89.6 cm³/mol. The molecule has 1 atom stereocenters. The third-order valence-electron chi connectivity index (χ3n) is 3.30. The Balaban J connectivity index is 5.64. The molecule has 0 saturated heterocycles. The van der Waals surface area contributed by atoms with E-state index in [4.69, 9.17) is 11.6 Å². The summed E-state index contributed by atoms with van der Waals surface area (Å²) in [4.78, 5) is 0. The van der Waals surface area contributed by atoms with Crippen molar-refractivity contribution in [3.05, 3.63) is 0 Å². The second-order valence-corrected chi connectivity index (χ2v) is 14.0. The first kappa shape index (κ1) is 18.7. The zero-order valence-corrected chi connectivity index (χ0v) is 16.1. The van der Waals surface area contributed by atoms with Crippen LogP contribution in [0.25, 0.3) is 0 Å². The molecule has 18 heavy (non-hydrogen) atoms. The first-order valence-electron chi connectivity index (χ1n) is 6.97. The van der Waals surface area contributed by atoms with Gasteiger partial charge < -0.3 is 0 Å². The molecule has 0 N–H and O–H groups in total. The molecule has 1 unspecified atom stereocenters. The van der Waals surface area contributed by atoms with Crippen molar-refractivity contribution in [2.45, 2.75) is 97.0 Å². The Morgan fingerprint density at radius 2 is 0.944 bits per heavy atom. The molecule has 0 bridgehead atoms. The maximum atomic E-state index is 6.87. The number of rotatable bonds is 2. The van der Waals surface area contributed by atoms with Crippen molar-refractivity contribution in [2.75, 3.05) is 0 Å². The van der Waals surface area contributed by atoms with Gasteiger partial charge in [0, 0.05) is 10.5 Å². The highest BCUT2D eigenvalue weighted by atomic mass is 35.5. The molecule has 0 amide bonds. The van der Waals surface area contributed by atoms with Crippen molar-refractivity contribution in [1.29, 1.82) is 0 Å². The highest BCUT2D eigenvalue weighted by Gasteiger charge is 2.50. The first-order valence-corrected chi connectivity index (χ1v) is 8.74. The molecule has 0 fully saturated rings. The quantitative estimate of drug-likeness (QED) is 0.403. The van der Waals surface area contributed by atoms with Crippen molar-refractivity contribution < 1.29 is 0 Å². The van der Waals surface area contributed by atoms with E-state index < -0.39 is 0 Å². The van der Waals surface area contributed by atoms with Gasteiger partial charge in [-0.3, -0.25) is 0 Å². The number of hydrogen-bond donors (Lipinski definition) is 0. The standard InChI is InChI=1S/C16H34ClP/c1-13(2,3)12(17)16(10,11)18(14(4,5)6)15(7,8)9/h12H,1-11H3. The van der Waals surface area contributed by atoms with Crippen LogP contribution in [0.5, 0.6) is 0 Å². The van der Waals surface area contributed by atoms with Gasteiger partial charge in [-0.25, -0.2) is 0 Å². The third-order valence-corrected chi connectivity index (χ3v) is 8.74. The van der Waals surface area contributed by atoms with Gasteiger partial charge in [0.2, 0.25) is 0 Å². The van der Waals surface area contributed by atoms with E-state index >= 15 is 0 Å². The summed E-state index contributed by atoms with van der Waals surface area (Å²) in [7, 11) is -0.222. The van der Waals surface area contributed by atoms with Gasteiger partial charge in [0.15, 0.2) is 0 Å². The Morgan fingerprint density at radius 1 is 0.667 bits per heavy atom. The molecule has 0 aliphatic rings. The summed E-state index contributed by atoms with van der Waals surface area (Å²) in [6, 6.07) is 0. The minimum Gasteiger partial charge on any atom is -0.121 e. The Bertz CT molecular complexity index is 259. The third kappa shape index (κ3) is 4.38. The summed E-state index contributed by atoms with van der Waals surface area (Å²) in [6.45, 7) is 25.7. The fraction of sp³-hybridized carbons (Fsp3) is 1.00. The first-order chi connectivity index (χ1) is 7.52. The second kappa shape index (κ2) is 5.25. The molecular weight excluding hydrogens is 259 g/mol. The van der Waals surface area contributed by atoms with Crippen LogP contribution in [0.4, 0.5) is 0 Å². The van der Waals surface area contributed by atoms with Gasteiger partial charge in [-0.15, -0.1) is 11.6 Å². The summed E-state index contributed by atoms with van der Waals surface area (Å²) in [6.07, 6.45) is 0. The second-order valence-electron chi connectivity index (χ2n) is 9.06. The normalized spacial score (nSPS) is 17.2. The van der Waals surface area contributed by atoms with Crippen molar-refractivity contribution in [3.63, 3.8) is 0 Å². The Hall–Kier alpha value is 0.720. The maximum Gasteiger partial charge on any atom is 0.0474 e. The van der Waals surface area contributed by atoms with E-state index in [9.17, 15) is 0 Å². The smallest absolute Gasteiger partial charge is 0.0474 e. The van der Waals surface area contributed by atoms with Crippen molar-refractivity contribution in [2.24, 2.45) is 5.41 Å². The summed E-state index contributed by atoms with van der Waals surface area (Å²) < 4.78 is 0. The van der Waals surface area contributed by atoms with Crippen LogP contribution in [0.1, 0.15) is 76.2 Å². The monoisotopic (exact) mass is 292 g/mol. The number of halogens is 1. The van der Waals surface area contributed by atoms with Gasteiger partial charge in [-0.05, 0) is 15.7 Å². The van der Waals surface area contributed by atoms with Gasteiger partial charge in [0.1, 0.15) is 0 Å². The molecule has 0 aromatic rings. The van der Waals surface area contributed by atoms with Crippen LogP contribution in [0, 0.1) is 5.41 Å². The van der Waals surface area contributed by atoms with E-state index in [1.54, 1.807) is 0 Å². The van der Waals surface area contributed by atoms with Gasteiger partial charge in [0.25, 0.3) is 0 Å². The van der Waals surface area contributed by atoms with Crippen molar-refractivity contribution in [1.82, 2.24) is 0 Å². The van der Waals surface area contributed by atoms with Gasteiger partial charge >= 0.3 is 0 Å². The zero-order valence-electron chi connectivity index (χ0n) is 14.4. The molecule has 0 aliphatic carbocycles. The lowest BCUT2D eigenvalue weighted by molar-refractivity contribution is 0.340. The highest BCUT2D eigenvalue weighted by molar-refractivity contribution is 7.62. The van der Waals surface area contributed by atoms with Crippen LogP contribution in [-0.2, 0) is 0 Å². The largest absolute Gasteiger partial charge is 0.121 e. The zero-order chi connectivity index (χ0) is 15.2. The number of alkyl halides is 1. The van der Waals surface area contributed by atoms with E-state index in [0.717, 1.165) is 0 Å². The van der Waals surface area contributed by atoms with Crippen LogP contribution in [0.2, 0.25) is 0 Å². The molecule has 0 spiro atoms. The minimum atomic E-state index is -0.222. The lowest BCUT2D eigenvalue weighted by atomic mass is 9.85. The topological polar surface area (TPSA) is 0 Å². The highest BCUT2D eigenvalue weighted by Crippen LogP contribution is 2.69. The molecule has 0 nitrogen and oxygen atoms in total. The van der Waals surface area contributed by atoms with Crippen LogP contribution >= 0.6 is 19.5 Å². The molecule has 0 rings (SSSR count). The summed E-state index contributed by atoms with van der Waals surface area (Å²) >= 11 is 6.87. The van der Waals surface area contributed by atoms with Crippen LogP contribution < -0.4 is 0 Å². The van der Waals surface area contributed by atoms with Crippen LogP contribution in [0.15, 0.2) is 0 Å². The predicted octanol–water partition coefficient (Wildman–Crippen LogP) is 6.50. The van der Waals surface area contributed by atoms with Gasteiger partial charge in [0.05, 0.1) is 0 Å². The minimum absolute atomic E-state index is 0.141. The van der Waals surface area contributed by atoms with E-state index in [1.165, 1.54) is 0 Å². The molecule has 0 aliphatic heterocycles. The van der Waals surface area contributed by atoms with Crippen molar-refractivity contribution in [3.8, 4) is 0 Å². The molecule has 0 radical (unpaired) electrons. The lowest BCUT2D eigenvalue weighted by Gasteiger charge is -2.55. The fourth-order valence-electron chi connectivity index (χ4n) is 3.91. The molecule has 2 heteroatoms. The Morgan fingerprint density at radius 3 is 1.11 bits per heavy atom. The van der Waals surface area contributed by atoms with E-state index in [1.807, 2.05) is 0 Å². The Labute approximate surface area is 122 Å². The molecule has 0 heterocycles. The van der Waals surface area contributed by atoms with E-state index in [2.05, 4.69) is 76.2 Å². The van der Waals surface area contributed by atoms with Crippen molar-refractivity contribution >= 4 is 19.5 Å². The molecule has 110 valence electrons. The summed E-state index contributed by atoms with van der Waals surface area (Å²) in [5.74, 6) is 0. The average Bonchev–Trinajstić information content (AvgIpc) is 1.93. The molecule has 0 saturated carbocycles. The lowest BCUT2D eigenvalue weighted by Crippen LogP contribution is -2.47. The Kier molecular flexibility index (Phi) is 5.46. The van der Waals surface area contributed by atoms with Gasteiger partial charge in [-0.2, -0.15) is 0 Å². The average molecular weight is 293 g/mol. The molecule has 0 aromatic heterocycles. The van der Waals surface area contributed by atoms with Gasteiger partial charge in [-0.1, -0.05) is 84.1 Å². The van der Waals surface area contributed by atoms with E-state index in [0.29, 0.717) is 10.3 Å². The SMILES string of the molecule is CC(C)(C)C(Cl)C(C)(C)P(C(C)(C)C)C(C)(C)C. The summed E-state index contributed by atoms with van der Waals surface area (Å²) in [5.41, 5.74) is 0.141. The van der Waals surface area contributed by atoms with Crippen LogP contribution in [0.3, 0.4) is 0 Å². The molecule has 0 aromatic carbocycles. The fourth-order valence-corrected chi connectivity index (χ4v) is 10.3. The number of hydrogen-bond acceptors (Lipinski definition) is 0.